The fourth-order valence-corrected chi connectivity index (χ4v) is 2.81. The maximum Gasteiger partial charge on any atom is 0.134 e. The first kappa shape index (κ1) is 15.7. The summed E-state index contributed by atoms with van der Waals surface area (Å²) in [6.45, 7) is 8.21. The van der Waals surface area contributed by atoms with Crippen molar-refractivity contribution in [2.75, 3.05) is 23.7 Å². The van der Waals surface area contributed by atoms with Crippen LogP contribution in [0.1, 0.15) is 43.7 Å². The third-order valence-corrected chi connectivity index (χ3v) is 4.30. The van der Waals surface area contributed by atoms with Crippen molar-refractivity contribution in [2.24, 2.45) is 0 Å². The Morgan fingerprint density at radius 3 is 2.52 bits per heavy atom. The summed E-state index contributed by atoms with van der Waals surface area (Å²) in [7, 11) is 0. The molecular weight excluding hydrogens is 282 g/mol. The minimum absolute atomic E-state index is 0.372. The number of aromatic nitrogens is 3. The van der Waals surface area contributed by atoms with Crippen molar-refractivity contribution >= 4 is 23.0 Å². The molecule has 5 nitrogen and oxygen atoms in total. The van der Waals surface area contributed by atoms with Crippen molar-refractivity contribution < 1.29 is 0 Å². The Morgan fingerprint density at radius 1 is 1.14 bits per heavy atom. The molecule has 1 unspecified atom stereocenters. The Hall–Kier alpha value is -1.69. The fraction of sp³-hybridized carbons (Fsp3) is 0.533. The second-order valence-electron chi connectivity index (χ2n) is 4.98. The van der Waals surface area contributed by atoms with Crippen LogP contribution in [0, 0.1) is 0 Å². The zero-order chi connectivity index (χ0) is 15.1. The summed E-state index contributed by atoms with van der Waals surface area (Å²) in [4.78, 5) is 13.1. The van der Waals surface area contributed by atoms with Crippen molar-refractivity contribution in [2.45, 2.75) is 39.5 Å². The molecule has 0 bridgehead atoms. The average Bonchev–Trinajstić information content (AvgIpc) is 3.04. The topological polar surface area (TPSA) is 62.7 Å². The van der Waals surface area contributed by atoms with Crippen LogP contribution in [0.4, 0.5) is 11.6 Å². The number of hydrogen-bond donors (Lipinski definition) is 2. The first-order chi connectivity index (χ1) is 10.3. The molecule has 2 heterocycles. The van der Waals surface area contributed by atoms with Gasteiger partial charge in [0, 0.05) is 36.1 Å². The van der Waals surface area contributed by atoms with E-state index in [1.165, 1.54) is 0 Å². The normalized spacial score (nSPS) is 12.1. The van der Waals surface area contributed by atoms with Gasteiger partial charge >= 0.3 is 0 Å². The van der Waals surface area contributed by atoms with E-state index in [4.69, 9.17) is 0 Å². The highest BCUT2D eigenvalue weighted by Gasteiger charge is 2.12. The van der Waals surface area contributed by atoms with Crippen LogP contribution in [-0.2, 0) is 6.42 Å². The van der Waals surface area contributed by atoms with Crippen molar-refractivity contribution in [3.63, 3.8) is 0 Å². The summed E-state index contributed by atoms with van der Waals surface area (Å²) in [6, 6.07) is 0. The molecule has 0 aliphatic heterocycles. The predicted molar refractivity (Wildman–Crippen MR) is 89.2 cm³/mol. The van der Waals surface area contributed by atoms with E-state index in [1.807, 2.05) is 11.6 Å². The summed E-state index contributed by atoms with van der Waals surface area (Å²) < 4.78 is 0. The second kappa shape index (κ2) is 7.93. The van der Waals surface area contributed by atoms with Gasteiger partial charge in [-0.2, -0.15) is 0 Å². The molecule has 0 amide bonds. The Balaban J connectivity index is 2.05. The van der Waals surface area contributed by atoms with Gasteiger partial charge in [-0.15, -0.1) is 11.3 Å². The third kappa shape index (κ3) is 4.14. The highest BCUT2D eigenvalue weighted by atomic mass is 32.1. The fourth-order valence-electron chi connectivity index (χ4n) is 2.11. The Labute approximate surface area is 130 Å². The Bertz CT molecular complexity index is 541. The van der Waals surface area contributed by atoms with Crippen LogP contribution >= 0.6 is 11.3 Å². The van der Waals surface area contributed by atoms with Crippen molar-refractivity contribution in [1.29, 1.82) is 0 Å². The zero-order valence-electron chi connectivity index (χ0n) is 12.9. The molecule has 0 saturated carbocycles. The predicted octanol–water partition coefficient (Wildman–Crippen LogP) is 3.53. The van der Waals surface area contributed by atoms with E-state index < -0.39 is 0 Å². The molecule has 0 fully saturated rings. The van der Waals surface area contributed by atoms with E-state index in [0.717, 1.165) is 48.1 Å². The molecule has 6 heteroatoms. The maximum absolute atomic E-state index is 4.39. The van der Waals surface area contributed by atoms with E-state index in [1.54, 1.807) is 17.7 Å². The molecule has 1 atom stereocenters. The number of rotatable bonds is 8. The maximum atomic E-state index is 4.39. The van der Waals surface area contributed by atoms with Crippen LogP contribution in [0.15, 0.2) is 17.9 Å². The average molecular weight is 305 g/mol. The quantitative estimate of drug-likeness (QED) is 0.781. The largest absolute Gasteiger partial charge is 0.370 e. The monoisotopic (exact) mass is 305 g/mol. The van der Waals surface area contributed by atoms with Crippen LogP contribution < -0.4 is 10.6 Å². The summed E-state index contributed by atoms with van der Waals surface area (Å²) in [5, 5.41) is 9.98. The van der Waals surface area contributed by atoms with Crippen LogP contribution in [0.5, 0.6) is 0 Å². The van der Waals surface area contributed by atoms with Crippen LogP contribution in [0.2, 0.25) is 0 Å². The van der Waals surface area contributed by atoms with Gasteiger partial charge in [-0.1, -0.05) is 20.8 Å². The molecule has 114 valence electrons. The molecule has 0 aliphatic carbocycles. The Kier molecular flexibility index (Phi) is 5.92. The van der Waals surface area contributed by atoms with Gasteiger partial charge in [-0.05, 0) is 12.8 Å². The standard InChI is InChI=1S/C15H23N5S/c1-4-6-16-13-12(5-2)14(20-10-19-13)18-9-11(3)15-17-7-8-21-15/h7-8,10-11H,4-6,9H2,1-3H3,(H2,16,18,19,20). The van der Waals surface area contributed by atoms with Gasteiger partial charge in [0.25, 0.3) is 0 Å². The zero-order valence-corrected chi connectivity index (χ0v) is 13.7. The van der Waals surface area contributed by atoms with E-state index in [0.29, 0.717) is 5.92 Å². The summed E-state index contributed by atoms with van der Waals surface area (Å²) in [6.07, 6.45) is 5.46. The molecule has 0 saturated heterocycles. The van der Waals surface area contributed by atoms with Crippen molar-refractivity contribution in [3.05, 3.63) is 28.5 Å². The lowest BCUT2D eigenvalue weighted by atomic mass is 10.1. The minimum atomic E-state index is 0.372. The van der Waals surface area contributed by atoms with Gasteiger partial charge in [0.15, 0.2) is 0 Å². The SMILES string of the molecule is CCCNc1ncnc(NCC(C)c2nccs2)c1CC. The molecule has 0 aliphatic rings. The van der Waals surface area contributed by atoms with E-state index in [9.17, 15) is 0 Å². The summed E-state index contributed by atoms with van der Waals surface area (Å²) >= 11 is 1.69. The molecule has 21 heavy (non-hydrogen) atoms. The van der Waals surface area contributed by atoms with Gasteiger partial charge in [-0.25, -0.2) is 15.0 Å². The lowest BCUT2D eigenvalue weighted by Crippen LogP contribution is -2.14. The number of nitrogens with zero attached hydrogens (tertiary/aromatic N) is 3. The summed E-state index contributed by atoms with van der Waals surface area (Å²) in [5.41, 5.74) is 1.15. The molecule has 2 N–H and O–H groups in total. The van der Waals surface area contributed by atoms with Crippen LogP contribution in [0.3, 0.4) is 0 Å². The summed E-state index contributed by atoms with van der Waals surface area (Å²) in [5.74, 6) is 2.24. The first-order valence-electron chi connectivity index (χ1n) is 7.47. The van der Waals surface area contributed by atoms with Gasteiger partial charge in [-0.3, -0.25) is 0 Å². The van der Waals surface area contributed by atoms with Gasteiger partial charge < -0.3 is 10.6 Å². The molecule has 0 radical (unpaired) electrons. The van der Waals surface area contributed by atoms with Crippen molar-refractivity contribution in [1.82, 2.24) is 15.0 Å². The van der Waals surface area contributed by atoms with Crippen LogP contribution in [0.25, 0.3) is 0 Å². The third-order valence-electron chi connectivity index (χ3n) is 3.29. The molecule has 2 aromatic rings. The Morgan fingerprint density at radius 2 is 1.90 bits per heavy atom. The molecule has 2 rings (SSSR count). The molecule has 0 aromatic carbocycles. The highest BCUT2D eigenvalue weighted by molar-refractivity contribution is 7.09. The first-order valence-corrected chi connectivity index (χ1v) is 8.35. The van der Waals surface area contributed by atoms with E-state index in [2.05, 4.69) is 46.4 Å². The molecule has 2 aromatic heterocycles. The van der Waals surface area contributed by atoms with Gasteiger partial charge in [0.2, 0.25) is 0 Å². The lowest BCUT2D eigenvalue weighted by molar-refractivity contribution is 0.789. The minimum Gasteiger partial charge on any atom is -0.370 e. The lowest BCUT2D eigenvalue weighted by Gasteiger charge is -2.16. The smallest absolute Gasteiger partial charge is 0.134 e. The van der Waals surface area contributed by atoms with Gasteiger partial charge in [0.1, 0.15) is 18.0 Å². The van der Waals surface area contributed by atoms with E-state index in [-0.39, 0.29) is 0 Å². The van der Waals surface area contributed by atoms with Crippen LogP contribution in [-0.4, -0.2) is 28.0 Å². The highest BCUT2D eigenvalue weighted by Crippen LogP contribution is 2.23. The number of hydrogen-bond acceptors (Lipinski definition) is 6. The number of nitrogens with one attached hydrogen (secondary N) is 2. The van der Waals surface area contributed by atoms with Crippen molar-refractivity contribution in [3.8, 4) is 0 Å². The second-order valence-corrected chi connectivity index (χ2v) is 5.91. The van der Waals surface area contributed by atoms with E-state index >= 15 is 0 Å². The molecule has 0 spiro atoms. The number of anilines is 2. The molecular formula is C15H23N5S. The van der Waals surface area contributed by atoms with Gasteiger partial charge in [0.05, 0.1) is 5.01 Å². The number of thiazole rings is 1.